The highest BCUT2D eigenvalue weighted by Gasteiger charge is 2.12. The molecule has 1 aliphatic rings. The molecule has 0 bridgehead atoms. The highest BCUT2D eigenvalue weighted by Crippen LogP contribution is 1.87. The largest absolute Gasteiger partial charge is 0.634 e. The Morgan fingerprint density at radius 2 is 2.50 bits per heavy atom. The molecule has 8 heavy (non-hydrogen) atoms. The van der Waals surface area contributed by atoms with E-state index >= 15 is 0 Å². The van der Waals surface area contributed by atoms with Crippen LogP contribution in [0.2, 0.25) is 0 Å². The fourth-order valence-corrected chi connectivity index (χ4v) is 0.856. The molecule has 0 radical (unpaired) electrons. The molecule has 0 aromatic heterocycles. The lowest BCUT2D eigenvalue weighted by molar-refractivity contribution is -0.861. The summed E-state index contributed by atoms with van der Waals surface area (Å²) in [5.41, 5.74) is 0. The number of morpholine rings is 1. The predicted octanol–water partition coefficient (Wildman–Crippen LogP) is -1.21. The van der Waals surface area contributed by atoms with Gasteiger partial charge in [-0.3, -0.25) is 0 Å². The number of quaternary nitrogens is 1. The molecule has 1 heterocycles. The number of hydrogen-bond donors (Lipinski definition) is 1. The van der Waals surface area contributed by atoms with Crippen LogP contribution in [-0.2, 0) is 4.74 Å². The topological polar surface area (TPSA) is 36.7 Å². The second kappa shape index (κ2) is 2.44. The van der Waals surface area contributed by atoms with Gasteiger partial charge in [-0.05, 0) is 6.92 Å². The van der Waals surface area contributed by atoms with Crippen LogP contribution in [0.25, 0.3) is 0 Å². The van der Waals surface area contributed by atoms with Crippen molar-refractivity contribution in [3.63, 3.8) is 0 Å². The molecule has 1 fully saturated rings. The molecule has 1 saturated heterocycles. The summed E-state index contributed by atoms with van der Waals surface area (Å²) in [5, 5.41) is 10.9. The molecule has 2 unspecified atom stereocenters. The SMILES string of the molecule is CC1C[NH+]([O-])CCO1. The first-order valence-corrected chi connectivity index (χ1v) is 2.92. The molecular weight excluding hydrogens is 106 g/mol. The first-order chi connectivity index (χ1) is 3.79. The molecule has 0 aromatic rings. The lowest BCUT2D eigenvalue weighted by Crippen LogP contribution is -3.10. The first-order valence-electron chi connectivity index (χ1n) is 2.92. The van der Waals surface area contributed by atoms with Gasteiger partial charge in [-0.25, -0.2) is 0 Å². The average Bonchev–Trinajstić information content (AvgIpc) is 1.64. The van der Waals surface area contributed by atoms with Crippen molar-refractivity contribution >= 4 is 0 Å². The van der Waals surface area contributed by atoms with Crippen LogP contribution in [0.5, 0.6) is 0 Å². The van der Waals surface area contributed by atoms with E-state index in [0.29, 0.717) is 24.8 Å². The Kier molecular flexibility index (Phi) is 1.83. The number of nitrogens with one attached hydrogen (secondary N) is 1. The molecule has 0 aliphatic carbocycles. The molecule has 0 aromatic carbocycles. The number of ether oxygens (including phenoxy) is 1. The molecule has 3 heteroatoms. The molecule has 1 aliphatic heterocycles. The fraction of sp³-hybridized carbons (Fsp3) is 1.00. The lowest BCUT2D eigenvalue weighted by atomic mass is 10.3. The van der Waals surface area contributed by atoms with Gasteiger partial charge in [0, 0.05) is 0 Å². The number of hydrogen-bond acceptors (Lipinski definition) is 2. The van der Waals surface area contributed by atoms with Gasteiger partial charge in [-0.2, -0.15) is 0 Å². The minimum Gasteiger partial charge on any atom is -0.634 e. The van der Waals surface area contributed by atoms with Gasteiger partial charge in [-0.15, -0.1) is 0 Å². The van der Waals surface area contributed by atoms with Gasteiger partial charge in [0.1, 0.15) is 19.2 Å². The number of hydroxylamine groups is 2. The summed E-state index contributed by atoms with van der Waals surface area (Å²) < 4.78 is 5.13. The minimum atomic E-state index is 0.163. The van der Waals surface area contributed by atoms with Crippen molar-refractivity contribution in [2.45, 2.75) is 13.0 Å². The second-order valence-electron chi connectivity index (χ2n) is 2.17. The van der Waals surface area contributed by atoms with E-state index < -0.39 is 0 Å². The molecule has 0 saturated carbocycles. The van der Waals surface area contributed by atoms with Gasteiger partial charge in [0.25, 0.3) is 0 Å². The van der Waals surface area contributed by atoms with E-state index in [2.05, 4.69) is 0 Å². The molecular formula is C5H11NO2. The second-order valence-corrected chi connectivity index (χ2v) is 2.17. The van der Waals surface area contributed by atoms with E-state index in [-0.39, 0.29) is 6.10 Å². The Morgan fingerprint density at radius 1 is 1.75 bits per heavy atom. The van der Waals surface area contributed by atoms with Gasteiger partial charge in [0.05, 0.1) is 6.61 Å². The van der Waals surface area contributed by atoms with Crippen LogP contribution in [0.15, 0.2) is 0 Å². The monoisotopic (exact) mass is 117 g/mol. The van der Waals surface area contributed by atoms with Crippen LogP contribution >= 0.6 is 0 Å². The maximum atomic E-state index is 10.6. The van der Waals surface area contributed by atoms with E-state index in [1.54, 1.807) is 0 Å². The van der Waals surface area contributed by atoms with Gasteiger partial charge in [-0.1, -0.05) is 0 Å². The summed E-state index contributed by atoms with van der Waals surface area (Å²) in [5.74, 6) is 0. The predicted molar refractivity (Wildman–Crippen MR) is 29.5 cm³/mol. The Balaban J connectivity index is 2.23. The van der Waals surface area contributed by atoms with Gasteiger partial charge >= 0.3 is 0 Å². The Hall–Kier alpha value is -0.120. The molecule has 0 amide bonds. The van der Waals surface area contributed by atoms with E-state index in [9.17, 15) is 5.21 Å². The zero-order valence-corrected chi connectivity index (χ0v) is 5.02. The highest BCUT2D eigenvalue weighted by atomic mass is 16.5. The van der Waals surface area contributed by atoms with Crippen molar-refractivity contribution in [1.82, 2.24) is 0 Å². The fourth-order valence-electron chi connectivity index (χ4n) is 0.856. The summed E-state index contributed by atoms with van der Waals surface area (Å²) in [6.45, 7) is 3.78. The molecule has 1 N–H and O–H groups in total. The quantitative estimate of drug-likeness (QED) is 0.404. The third-order valence-corrected chi connectivity index (χ3v) is 1.30. The average molecular weight is 117 g/mol. The third-order valence-electron chi connectivity index (χ3n) is 1.30. The molecule has 1 rings (SSSR count). The Labute approximate surface area is 48.8 Å². The third kappa shape index (κ3) is 1.43. The standard InChI is InChI=1S/C5H11NO2/c1-5-4-6(7)2-3-8-5/h5-6H,2-4H2,1H3. The summed E-state index contributed by atoms with van der Waals surface area (Å²) in [6, 6.07) is 0. The first kappa shape index (κ1) is 6.01. The van der Waals surface area contributed by atoms with Crippen molar-refractivity contribution in [1.29, 1.82) is 0 Å². The Morgan fingerprint density at radius 3 is 2.88 bits per heavy atom. The van der Waals surface area contributed by atoms with Crippen LogP contribution in [-0.4, -0.2) is 25.8 Å². The Bertz CT molecular complexity index is 68.8. The van der Waals surface area contributed by atoms with Gasteiger partial charge < -0.3 is 15.0 Å². The number of rotatable bonds is 0. The smallest absolute Gasteiger partial charge is 0.104 e. The normalized spacial score (nSPS) is 39.8. The van der Waals surface area contributed by atoms with Crippen molar-refractivity contribution in [2.75, 3.05) is 19.7 Å². The van der Waals surface area contributed by atoms with Crippen LogP contribution in [0.3, 0.4) is 0 Å². The maximum Gasteiger partial charge on any atom is 0.104 e. The van der Waals surface area contributed by atoms with Gasteiger partial charge in [0.2, 0.25) is 0 Å². The van der Waals surface area contributed by atoms with E-state index in [0.717, 1.165) is 0 Å². The van der Waals surface area contributed by atoms with E-state index in [1.165, 1.54) is 0 Å². The van der Waals surface area contributed by atoms with Crippen LogP contribution in [0, 0.1) is 5.21 Å². The lowest BCUT2D eigenvalue weighted by Gasteiger charge is -2.30. The molecule has 3 nitrogen and oxygen atoms in total. The van der Waals surface area contributed by atoms with Gasteiger partial charge in [0.15, 0.2) is 0 Å². The zero-order chi connectivity index (χ0) is 5.98. The zero-order valence-electron chi connectivity index (χ0n) is 5.02. The van der Waals surface area contributed by atoms with Crippen molar-refractivity contribution in [2.24, 2.45) is 0 Å². The van der Waals surface area contributed by atoms with Crippen LogP contribution in [0.4, 0.5) is 0 Å². The summed E-state index contributed by atoms with van der Waals surface area (Å²) in [6.07, 6.45) is 0.163. The summed E-state index contributed by atoms with van der Waals surface area (Å²) in [7, 11) is 0. The van der Waals surface area contributed by atoms with E-state index in [4.69, 9.17) is 4.74 Å². The molecule has 48 valence electrons. The minimum absolute atomic E-state index is 0.163. The summed E-state index contributed by atoms with van der Waals surface area (Å²) in [4.78, 5) is 0. The van der Waals surface area contributed by atoms with Crippen molar-refractivity contribution in [3.05, 3.63) is 5.21 Å². The molecule has 2 atom stereocenters. The highest BCUT2D eigenvalue weighted by molar-refractivity contribution is 4.49. The van der Waals surface area contributed by atoms with E-state index in [1.807, 2.05) is 6.92 Å². The van der Waals surface area contributed by atoms with Crippen molar-refractivity contribution < 1.29 is 9.80 Å². The van der Waals surface area contributed by atoms with Crippen molar-refractivity contribution in [3.8, 4) is 0 Å². The van der Waals surface area contributed by atoms with Crippen LogP contribution in [0.1, 0.15) is 6.92 Å². The molecule has 0 spiro atoms. The van der Waals surface area contributed by atoms with Crippen LogP contribution < -0.4 is 5.06 Å². The maximum absolute atomic E-state index is 10.6. The summed E-state index contributed by atoms with van der Waals surface area (Å²) >= 11 is 0.